The zero-order valence-electron chi connectivity index (χ0n) is 15.5. The molecule has 4 aliphatic rings. The number of carbonyl (C=O) groups excluding carboxylic acids is 1. The Hall–Kier alpha value is 0.170. The molecular weight excluding hydrogens is 311 g/mol. The van der Waals surface area contributed by atoms with Crippen LogP contribution in [0.25, 0.3) is 0 Å². The summed E-state index contributed by atoms with van der Waals surface area (Å²) in [4.78, 5) is 11.9. The van der Waals surface area contributed by atoms with Crippen LogP contribution < -0.4 is 34.7 Å². The standard InChI is InChI=1S/C20H30O3.Na/c1-13-11-19-9-5-14-17(2,7-4-8-18(14,3)16(21)22)15(19)6-10-20(13,23)12-19;/h14-15,23H,1,4-12H2,2-3H3,(H,21,22);/q;+1/p-1/t14-,15-,17+,18+,19+,20-;/m0./s1. The first-order chi connectivity index (χ1) is 10.7. The molecule has 0 unspecified atom stereocenters. The second kappa shape index (κ2) is 5.58. The van der Waals surface area contributed by atoms with Crippen LogP contribution in [-0.4, -0.2) is 16.7 Å². The van der Waals surface area contributed by atoms with Crippen molar-refractivity contribution in [3.63, 3.8) is 0 Å². The van der Waals surface area contributed by atoms with E-state index in [2.05, 4.69) is 13.5 Å². The molecule has 1 spiro atoms. The molecule has 128 valence electrons. The number of carbonyl (C=O) groups is 1. The van der Waals surface area contributed by atoms with Gasteiger partial charge in [0.1, 0.15) is 0 Å². The van der Waals surface area contributed by atoms with Gasteiger partial charge in [0.05, 0.1) is 5.60 Å². The first kappa shape index (κ1) is 18.9. The smallest absolute Gasteiger partial charge is 0.550 e. The molecule has 4 rings (SSSR count). The van der Waals surface area contributed by atoms with Crippen molar-refractivity contribution in [1.29, 1.82) is 0 Å². The summed E-state index contributed by atoms with van der Waals surface area (Å²) in [5, 5.41) is 22.8. The number of rotatable bonds is 1. The Morgan fingerprint density at radius 1 is 1.17 bits per heavy atom. The Labute approximate surface area is 167 Å². The summed E-state index contributed by atoms with van der Waals surface area (Å²) in [6.45, 7) is 8.45. The summed E-state index contributed by atoms with van der Waals surface area (Å²) in [6, 6.07) is 0. The van der Waals surface area contributed by atoms with E-state index in [-0.39, 0.29) is 46.3 Å². The zero-order chi connectivity index (χ0) is 16.7. The number of carboxylic acids is 1. The fourth-order valence-electron chi connectivity index (χ4n) is 7.59. The van der Waals surface area contributed by atoms with Gasteiger partial charge >= 0.3 is 29.6 Å². The predicted molar refractivity (Wildman–Crippen MR) is 86.3 cm³/mol. The molecule has 0 saturated heterocycles. The largest absolute Gasteiger partial charge is 1.00 e. The van der Waals surface area contributed by atoms with E-state index in [0.29, 0.717) is 5.92 Å². The molecule has 6 atom stereocenters. The molecule has 0 amide bonds. The maximum atomic E-state index is 11.9. The van der Waals surface area contributed by atoms with Crippen LogP contribution >= 0.6 is 0 Å². The van der Waals surface area contributed by atoms with E-state index in [1.165, 1.54) is 0 Å². The monoisotopic (exact) mass is 340 g/mol. The van der Waals surface area contributed by atoms with Gasteiger partial charge in [0, 0.05) is 11.4 Å². The molecule has 0 aliphatic heterocycles. The van der Waals surface area contributed by atoms with E-state index < -0.39 is 17.0 Å². The van der Waals surface area contributed by atoms with Gasteiger partial charge in [-0.3, -0.25) is 0 Å². The topological polar surface area (TPSA) is 60.4 Å². The quantitative estimate of drug-likeness (QED) is 0.532. The molecule has 4 aliphatic carbocycles. The minimum atomic E-state index is -0.854. The van der Waals surface area contributed by atoms with Crippen molar-refractivity contribution in [2.24, 2.45) is 28.1 Å². The summed E-state index contributed by atoms with van der Waals surface area (Å²) in [5.74, 6) is -0.121. The van der Waals surface area contributed by atoms with Gasteiger partial charge in [-0.1, -0.05) is 26.8 Å². The van der Waals surface area contributed by atoms with Crippen molar-refractivity contribution < 1.29 is 44.6 Å². The molecule has 0 aromatic carbocycles. The average Bonchev–Trinajstić information content (AvgIpc) is 2.63. The Bertz CT molecular complexity index is 589. The Balaban J connectivity index is 0.00000169. The SMILES string of the molecule is C=C1C[C@@]23CC[C@H]4[C@@](C)(CCC[C@@]4(C)C(=O)[O-])[C@@H]2CC[C@]1(O)C3.[Na+]. The maximum Gasteiger partial charge on any atom is 1.00 e. The van der Waals surface area contributed by atoms with Crippen LogP contribution in [0.15, 0.2) is 12.2 Å². The second-order valence-electron chi connectivity index (χ2n) is 9.60. The molecule has 4 heteroatoms. The van der Waals surface area contributed by atoms with Gasteiger partial charge in [0.15, 0.2) is 0 Å². The number of fused-ring (bicyclic) bond motifs is 3. The van der Waals surface area contributed by atoms with E-state index in [9.17, 15) is 15.0 Å². The summed E-state index contributed by atoms with van der Waals surface area (Å²) >= 11 is 0. The second-order valence-corrected chi connectivity index (χ2v) is 9.60. The van der Waals surface area contributed by atoms with Crippen LogP contribution in [0.4, 0.5) is 0 Å². The van der Waals surface area contributed by atoms with Crippen LogP contribution in [0.3, 0.4) is 0 Å². The Morgan fingerprint density at radius 2 is 1.83 bits per heavy atom. The van der Waals surface area contributed by atoms with Crippen LogP contribution in [0.1, 0.15) is 71.6 Å². The van der Waals surface area contributed by atoms with E-state index in [1.807, 2.05) is 6.92 Å². The van der Waals surface area contributed by atoms with Crippen molar-refractivity contribution in [3.8, 4) is 0 Å². The van der Waals surface area contributed by atoms with E-state index in [4.69, 9.17) is 0 Å². The van der Waals surface area contributed by atoms with Gasteiger partial charge in [-0.15, -0.1) is 0 Å². The van der Waals surface area contributed by atoms with Crippen LogP contribution in [-0.2, 0) is 4.79 Å². The van der Waals surface area contributed by atoms with Gasteiger partial charge in [-0.25, -0.2) is 0 Å². The van der Waals surface area contributed by atoms with E-state index in [0.717, 1.165) is 63.4 Å². The summed E-state index contributed by atoms with van der Waals surface area (Å²) in [6.07, 6.45) is 8.49. The molecule has 0 aromatic heterocycles. The number of aliphatic hydroxyl groups is 1. The van der Waals surface area contributed by atoms with Crippen molar-refractivity contribution >= 4 is 5.97 Å². The molecule has 3 nitrogen and oxygen atoms in total. The van der Waals surface area contributed by atoms with Gasteiger partial charge in [-0.05, 0) is 79.6 Å². The summed E-state index contributed by atoms with van der Waals surface area (Å²) in [5.41, 5.74) is -0.0682. The minimum Gasteiger partial charge on any atom is -0.550 e. The molecule has 2 bridgehead atoms. The summed E-state index contributed by atoms with van der Waals surface area (Å²) < 4.78 is 0. The Morgan fingerprint density at radius 3 is 2.50 bits per heavy atom. The predicted octanol–water partition coefficient (Wildman–Crippen LogP) is -0.176. The fraction of sp³-hybridized carbons (Fsp3) is 0.850. The number of aliphatic carboxylic acids is 1. The Kier molecular flexibility index (Phi) is 4.41. The summed E-state index contributed by atoms with van der Waals surface area (Å²) in [7, 11) is 0. The first-order valence-electron chi connectivity index (χ1n) is 9.29. The van der Waals surface area contributed by atoms with Crippen LogP contribution in [0.2, 0.25) is 0 Å². The molecule has 0 radical (unpaired) electrons. The van der Waals surface area contributed by atoms with Crippen molar-refractivity contribution in [2.45, 2.75) is 77.2 Å². The van der Waals surface area contributed by atoms with E-state index in [1.54, 1.807) is 0 Å². The third-order valence-corrected chi connectivity index (χ3v) is 8.62. The molecule has 4 fully saturated rings. The van der Waals surface area contributed by atoms with Gasteiger partial charge in [0.2, 0.25) is 0 Å². The third-order valence-electron chi connectivity index (χ3n) is 8.62. The molecular formula is C20H29NaO3. The molecule has 4 saturated carbocycles. The molecule has 0 heterocycles. The van der Waals surface area contributed by atoms with Gasteiger partial charge in [0.25, 0.3) is 0 Å². The number of hydrogen-bond donors (Lipinski definition) is 1. The normalized spacial score (nSPS) is 52.9. The maximum absolute atomic E-state index is 11.9. The fourth-order valence-corrected chi connectivity index (χ4v) is 7.59. The number of carboxylic acid groups (broad SMARTS) is 1. The molecule has 1 N–H and O–H groups in total. The van der Waals surface area contributed by atoms with E-state index >= 15 is 0 Å². The van der Waals surface area contributed by atoms with Crippen molar-refractivity contribution in [1.82, 2.24) is 0 Å². The van der Waals surface area contributed by atoms with Gasteiger partial charge < -0.3 is 15.0 Å². The van der Waals surface area contributed by atoms with Crippen LogP contribution in [0.5, 0.6) is 0 Å². The van der Waals surface area contributed by atoms with Crippen LogP contribution in [0, 0.1) is 28.1 Å². The van der Waals surface area contributed by atoms with Crippen molar-refractivity contribution in [3.05, 3.63) is 12.2 Å². The number of hydrogen-bond acceptors (Lipinski definition) is 3. The average molecular weight is 340 g/mol. The first-order valence-corrected chi connectivity index (χ1v) is 9.29. The molecule has 24 heavy (non-hydrogen) atoms. The zero-order valence-corrected chi connectivity index (χ0v) is 17.5. The third kappa shape index (κ3) is 2.20. The minimum absolute atomic E-state index is 0. The van der Waals surface area contributed by atoms with Gasteiger partial charge in [-0.2, -0.15) is 0 Å². The van der Waals surface area contributed by atoms with Crippen molar-refractivity contribution in [2.75, 3.05) is 0 Å². The molecule has 0 aromatic rings.